The number of amides is 2. The molecular formula is C24H27NO12. The number of esters is 4. The summed E-state index contributed by atoms with van der Waals surface area (Å²) in [6, 6.07) is 6.36. The van der Waals surface area contributed by atoms with Crippen LogP contribution in [0.3, 0.4) is 0 Å². The van der Waals surface area contributed by atoms with Crippen LogP contribution in [0, 0.1) is 0 Å². The van der Waals surface area contributed by atoms with Gasteiger partial charge in [-0.05, 0) is 12.1 Å². The third-order valence-electron chi connectivity index (χ3n) is 5.42. The topological polar surface area (TPSA) is 161 Å². The third kappa shape index (κ3) is 6.68. The van der Waals surface area contributed by atoms with Gasteiger partial charge in [0.15, 0.2) is 24.6 Å². The number of benzene rings is 1. The Hall–Kier alpha value is -3.84. The molecule has 200 valence electrons. The van der Waals surface area contributed by atoms with Crippen molar-refractivity contribution in [2.75, 3.05) is 19.8 Å². The van der Waals surface area contributed by atoms with E-state index in [9.17, 15) is 28.8 Å². The molecule has 3 rings (SSSR count). The minimum Gasteiger partial charge on any atom is -0.463 e. The smallest absolute Gasteiger partial charge is 0.303 e. The van der Waals surface area contributed by atoms with E-state index in [1.165, 1.54) is 12.1 Å². The lowest BCUT2D eigenvalue weighted by atomic mass is 9.98. The molecule has 1 saturated heterocycles. The highest BCUT2D eigenvalue weighted by Crippen LogP contribution is 2.30. The van der Waals surface area contributed by atoms with Gasteiger partial charge in [0, 0.05) is 27.7 Å². The lowest BCUT2D eigenvalue weighted by molar-refractivity contribution is -0.308. The Morgan fingerprint density at radius 1 is 0.784 bits per heavy atom. The maximum Gasteiger partial charge on any atom is 0.303 e. The molecule has 1 fully saturated rings. The molecule has 5 atom stereocenters. The van der Waals surface area contributed by atoms with Crippen LogP contribution in [-0.2, 0) is 47.6 Å². The molecule has 2 aliphatic rings. The zero-order valence-corrected chi connectivity index (χ0v) is 20.7. The summed E-state index contributed by atoms with van der Waals surface area (Å²) < 4.78 is 32.5. The van der Waals surface area contributed by atoms with E-state index < -0.39 is 73.0 Å². The van der Waals surface area contributed by atoms with Gasteiger partial charge < -0.3 is 28.4 Å². The molecule has 13 heteroatoms. The van der Waals surface area contributed by atoms with E-state index in [1.54, 1.807) is 12.1 Å². The van der Waals surface area contributed by atoms with Crippen LogP contribution in [0.15, 0.2) is 24.3 Å². The fraction of sp³-hybridized carbons (Fsp3) is 0.500. The summed E-state index contributed by atoms with van der Waals surface area (Å²) in [6.45, 7) is 3.65. The molecule has 1 aromatic rings. The second kappa shape index (κ2) is 11.9. The number of ether oxygens (including phenoxy) is 6. The standard InChI is InChI=1S/C24H27NO12/c1-12(26)33-11-18-19(34-13(2)27)20(35-14(3)28)21(36-15(4)29)24(37-18)32-10-9-25-22(30)16-7-5-6-8-17(16)23(25)31/h5-8,18-21,24H,9-11H2,1-4H3/t18-,19-,20+,21-,24-/m1/s1. The molecule has 0 aliphatic carbocycles. The molecule has 2 amide bonds. The summed E-state index contributed by atoms with van der Waals surface area (Å²) in [6.07, 6.45) is -6.68. The van der Waals surface area contributed by atoms with Crippen LogP contribution in [0.1, 0.15) is 48.4 Å². The van der Waals surface area contributed by atoms with Crippen LogP contribution >= 0.6 is 0 Å². The van der Waals surface area contributed by atoms with Crippen molar-refractivity contribution in [1.82, 2.24) is 4.90 Å². The van der Waals surface area contributed by atoms with E-state index in [4.69, 9.17) is 28.4 Å². The average molecular weight is 521 g/mol. The molecule has 0 unspecified atom stereocenters. The SMILES string of the molecule is CC(=O)OC[C@H]1O[C@@H](OCCN2C(=O)c3ccccc3C2=O)[C@H](OC(C)=O)[C@@H](OC(C)=O)[C@@H]1OC(C)=O. The second-order valence-electron chi connectivity index (χ2n) is 8.25. The normalized spacial score (nSPS) is 24.8. The predicted octanol–water partition coefficient (Wildman–Crippen LogP) is 0.382. The summed E-state index contributed by atoms with van der Waals surface area (Å²) in [5.74, 6) is -3.96. The predicted molar refractivity (Wildman–Crippen MR) is 120 cm³/mol. The molecule has 2 heterocycles. The summed E-state index contributed by atoms with van der Waals surface area (Å²) in [4.78, 5) is 73.1. The van der Waals surface area contributed by atoms with E-state index in [0.717, 1.165) is 32.6 Å². The Morgan fingerprint density at radius 2 is 1.30 bits per heavy atom. The monoisotopic (exact) mass is 521 g/mol. The number of hydrogen-bond acceptors (Lipinski definition) is 12. The van der Waals surface area contributed by atoms with Gasteiger partial charge in [-0.1, -0.05) is 12.1 Å². The number of carbonyl (C=O) groups excluding carboxylic acids is 6. The van der Waals surface area contributed by atoms with Crippen molar-refractivity contribution in [2.24, 2.45) is 0 Å². The molecule has 1 aromatic carbocycles. The number of nitrogens with zero attached hydrogens (tertiary/aromatic N) is 1. The second-order valence-corrected chi connectivity index (χ2v) is 8.25. The molecular weight excluding hydrogens is 494 g/mol. The molecule has 0 saturated carbocycles. The van der Waals surface area contributed by atoms with Crippen LogP contribution in [0.5, 0.6) is 0 Å². The van der Waals surface area contributed by atoms with Crippen LogP contribution in [0.25, 0.3) is 0 Å². The Kier molecular flexibility index (Phi) is 8.95. The van der Waals surface area contributed by atoms with Crippen molar-refractivity contribution in [2.45, 2.75) is 58.4 Å². The molecule has 0 N–H and O–H groups in total. The number of carbonyl (C=O) groups is 6. The zero-order chi connectivity index (χ0) is 27.3. The van der Waals surface area contributed by atoms with Gasteiger partial charge in [0.1, 0.15) is 12.7 Å². The van der Waals surface area contributed by atoms with Crippen molar-refractivity contribution in [1.29, 1.82) is 0 Å². The van der Waals surface area contributed by atoms with Gasteiger partial charge in [-0.2, -0.15) is 0 Å². The van der Waals surface area contributed by atoms with Crippen molar-refractivity contribution in [3.8, 4) is 0 Å². The van der Waals surface area contributed by atoms with E-state index in [0.29, 0.717) is 0 Å². The highest BCUT2D eigenvalue weighted by Gasteiger charge is 2.52. The average Bonchev–Trinajstić information content (AvgIpc) is 3.05. The molecule has 13 nitrogen and oxygen atoms in total. The Bertz CT molecular complexity index is 1050. The Balaban J connectivity index is 1.81. The molecule has 2 aliphatic heterocycles. The minimum atomic E-state index is -1.41. The summed E-state index contributed by atoms with van der Waals surface area (Å²) in [5.41, 5.74) is 0.527. The first kappa shape index (κ1) is 27.7. The van der Waals surface area contributed by atoms with Crippen molar-refractivity contribution < 1.29 is 57.2 Å². The first-order valence-corrected chi connectivity index (χ1v) is 11.4. The zero-order valence-electron chi connectivity index (χ0n) is 20.7. The van der Waals surface area contributed by atoms with Gasteiger partial charge in [0.2, 0.25) is 0 Å². The van der Waals surface area contributed by atoms with Gasteiger partial charge in [0.05, 0.1) is 24.3 Å². The number of imide groups is 1. The highest BCUT2D eigenvalue weighted by molar-refractivity contribution is 6.21. The van der Waals surface area contributed by atoms with Crippen molar-refractivity contribution >= 4 is 35.7 Å². The first-order chi connectivity index (χ1) is 17.5. The van der Waals surface area contributed by atoms with Gasteiger partial charge in [-0.15, -0.1) is 0 Å². The van der Waals surface area contributed by atoms with Crippen molar-refractivity contribution in [3.05, 3.63) is 35.4 Å². The molecule has 0 aromatic heterocycles. The summed E-state index contributed by atoms with van der Waals surface area (Å²) >= 11 is 0. The van der Waals surface area contributed by atoms with Crippen molar-refractivity contribution in [3.63, 3.8) is 0 Å². The molecule has 0 radical (unpaired) electrons. The lowest BCUT2D eigenvalue weighted by Gasteiger charge is -2.44. The number of fused-ring (bicyclic) bond motifs is 1. The van der Waals surface area contributed by atoms with Crippen LogP contribution in [0.4, 0.5) is 0 Å². The fourth-order valence-corrected chi connectivity index (χ4v) is 4.03. The Labute approximate surface area is 211 Å². The van der Waals surface area contributed by atoms with Gasteiger partial charge in [-0.25, -0.2) is 0 Å². The number of hydrogen-bond donors (Lipinski definition) is 0. The maximum atomic E-state index is 12.6. The number of rotatable bonds is 9. The van der Waals surface area contributed by atoms with Crippen LogP contribution in [0.2, 0.25) is 0 Å². The molecule has 37 heavy (non-hydrogen) atoms. The van der Waals surface area contributed by atoms with Gasteiger partial charge >= 0.3 is 23.9 Å². The minimum absolute atomic E-state index is 0.167. The van der Waals surface area contributed by atoms with Crippen LogP contribution in [-0.4, -0.2) is 91.1 Å². The third-order valence-corrected chi connectivity index (χ3v) is 5.42. The van der Waals surface area contributed by atoms with E-state index in [2.05, 4.69) is 0 Å². The highest BCUT2D eigenvalue weighted by atomic mass is 16.7. The van der Waals surface area contributed by atoms with Gasteiger partial charge in [-0.3, -0.25) is 33.7 Å². The summed E-state index contributed by atoms with van der Waals surface area (Å²) in [5, 5.41) is 0. The molecule has 0 spiro atoms. The quantitative estimate of drug-likeness (QED) is 0.250. The maximum absolute atomic E-state index is 12.6. The van der Waals surface area contributed by atoms with E-state index >= 15 is 0 Å². The fourth-order valence-electron chi connectivity index (χ4n) is 4.03. The largest absolute Gasteiger partial charge is 0.463 e. The van der Waals surface area contributed by atoms with Crippen LogP contribution < -0.4 is 0 Å². The van der Waals surface area contributed by atoms with E-state index in [-0.39, 0.29) is 24.3 Å². The van der Waals surface area contributed by atoms with Gasteiger partial charge in [0.25, 0.3) is 11.8 Å². The van der Waals surface area contributed by atoms with E-state index in [1.807, 2.05) is 0 Å². The molecule has 0 bridgehead atoms. The first-order valence-electron chi connectivity index (χ1n) is 11.4. The summed E-state index contributed by atoms with van der Waals surface area (Å²) in [7, 11) is 0. The Morgan fingerprint density at radius 3 is 1.81 bits per heavy atom. The lowest BCUT2D eigenvalue weighted by Crippen LogP contribution is -2.63.